The van der Waals surface area contributed by atoms with E-state index in [1.807, 2.05) is 70.5 Å². The van der Waals surface area contributed by atoms with Crippen molar-refractivity contribution in [3.8, 4) is 0 Å². The lowest BCUT2D eigenvalue weighted by atomic mass is 10.1. The van der Waals surface area contributed by atoms with Crippen LogP contribution in [0.5, 0.6) is 0 Å². The minimum atomic E-state index is -0.198. The van der Waals surface area contributed by atoms with Crippen molar-refractivity contribution in [2.75, 3.05) is 37.6 Å². The molecule has 1 aliphatic heterocycles. The largest absolute Gasteiger partial charge is 0.340 e. The first-order valence-corrected chi connectivity index (χ1v) is 10.6. The summed E-state index contributed by atoms with van der Waals surface area (Å²) < 4.78 is 0. The minimum absolute atomic E-state index is 0.0607. The molecule has 29 heavy (non-hydrogen) atoms. The molecule has 0 bridgehead atoms. The van der Waals surface area contributed by atoms with E-state index in [0.717, 1.165) is 44.0 Å². The van der Waals surface area contributed by atoms with E-state index in [1.54, 1.807) is 0 Å². The Morgan fingerprint density at radius 1 is 0.897 bits per heavy atom. The van der Waals surface area contributed by atoms with Gasteiger partial charge in [-0.1, -0.05) is 55.5 Å². The van der Waals surface area contributed by atoms with Crippen LogP contribution in [0.3, 0.4) is 0 Å². The van der Waals surface area contributed by atoms with E-state index in [0.29, 0.717) is 13.0 Å². The molecule has 2 atom stereocenters. The summed E-state index contributed by atoms with van der Waals surface area (Å²) in [7, 11) is 0. The Hall–Kier alpha value is -2.66. The fourth-order valence-corrected chi connectivity index (χ4v) is 4.13. The van der Waals surface area contributed by atoms with Crippen molar-refractivity contribution in [3.63, 3.8) is 0 Å². The van der Waals surface area contributed by atoms with Crippen molar-refractivity contribution in [1.29, 1.82) is 0 Å². The SMILES string of the molecule is CCN1CCN(C(=O)C2CC2C(=O)N(Cc2ccccc2)c2ccccc2)CC1. The van der Waals surface area contributed by atoms with Crippen molar-refractivity contribution in [2.24, 2.45) is 11.8 Å². The highest BCUT2D eigenvalue weighted by Crippen LogP contribution is 2.42. The number of carbonyl (C=O) groups is 2. The van der Waals surface area contributed by atoms with Gasteiger partial charge in [-0.15, -0.1) is 0 Å². The smallest absolute Gasteiger partial charge is 0.231 e. The predicted molar refractivity (Wildman–Crippen MR) is 114 cm³/mol. The summed E-state index contributed by atoms with van der Waals surface area (Å²) in [5.74, 6) is -0.134. The quantitative estimate of drug-likeness (QED) is 0.760. The zero-order valence-corrected chi connectivity index (χ0v) is 17.0. The normalized spacial score (nSPS) is 21.6. The average molecular weight is 392 g/mol. The molecular formula is C24H29N3O2. The number of benzene rings is 2. The fourth-order valence-electron chi connectivity index (χ4n) is 4.13. The first-order chi connectivity index (χ1) is 14.2. The third kappa shape index (κ3) is 4.51. The van der Waals surface area contributed by atoms with Crippen molar-refractivity contribution in [2.45, 2.75) is 19.9 Å². The van der Waals surface area contributed by atoms with Gasteiger partial charge in [0.15, 0.2) is 0 Å². The highest BCUT2D eigenvalue weighted by atomic mass is 16.2. The maximum atomic E-state index is 13.4. The zero-order chi connectivity index (χ0) is 20.2. The summed E-state index contributed by atoms with van der Waals surface area (Å²) in [5.41, 5.74) is 1.97. The molecule has 2 fully saturated rings. The fraction of sp³-hybridized carbons (Fsp3) is 0.417. The van der Waals surface area contributed by atoms with Gasteiger partial charge in [-0.25, -0.2) is 0 Å². The Morgan fingerprint density at radius 3 is 2.14 bits per heavy atom. The molecule has 1 saturated carbocycles. The summed E-state index contributed by atoms with van der Waals surface area (Å²) >= 11 is 0. The van der Waals surface area contributed by atoms with E-state index in [4.69, 9.17) is 0 Å². The van der Waals surface area contributed by atoms with Crippen LogP contribution in [0.2, 0.25) is 0 Å². The summed E-state index contributed by atoms with van der Waals surface area (Å²) in [6.07, 6.45) is 0.670. The molecule has 5 nitrogen and oxygen atoms in total. The zero-order valence-electron chi connectivity index (χ0n) is 17.0. The van der Waals surface area contributed by atoms with Crippen LogP contribution in [0, 0.1) is 11.8 Å². The Bertz CT molecular complexity index is 832. The maximum absolute atomic E-state index is 13.4. The Labute approximate surface area is 172 Å². The van der Waals surface area contributed by atoms with Crippen LogP contribution in [0.1, 0.15) is 18.9 Å². The monoisotopic (exact) mass is 391 g/mol. The van der Waals surface area contributed by atoms with E-state index in [-0.39, 0.29) is 23.7 Å². The highest BCUT2D eigenvalue weighted by Gasteiger charge is 2.51. The molecule has 0 aromatic heterocycles. The van der Waals surface area contributed by atoms with Gasteiger partial charge in [0.25, 0.3) is 0 Å². The van der Waals surface area contributed by atoms with Crippen molar-refractivity contribution in [1.82, 2.24) is 9.80 Å². The van der Waals surface area contributed by atoms with Crippen LogP contribution in [-0.2, 0) is 16.1 Å². The van der Waals surface area contributed by atoms with Crippen LogP contribution in [0.25, 0.3) is 0 Å². The van der Waals surface area contributed by atoms with E-state index in [9.17, 15) is 9.59 Å². The second kappa shape index (κ2) is 8.78. The third-order valence-corrected chi connectivity index (χ3v) is 6.07. The molecule has 2 aliphatic rings. The summed E-state index contributed by atoms with van der Waals surface area (Å²) in [4.78, 5) is 32.4. The molecule has 1 aliphatic carbocycles. The Balaban J connectivity index is 1.44. The molecular weight excluding hydrogens is 362 g/mol. The standard InChI is InChI=1S/C24H29N3O2/c1-2-25-13-15-26(16-14-25)23(28)21-17-22(21)24(29)27(20-11-7-4-8-12-20)18-19-9-5-3-6-10-19/h3-12,21-22H,2,13-18H2,1H3. The van der Waals surface area contributed by atoms with Crippen LogP contribution < -0.4 is 4.90 Å². The molecule has 1 heterocycles. The number of piperazine rings is 1. The predicted octanol–water partition coefficient (Wildman–Crippen LogP) is 3.02. The van der Waals surface area contributed by atoms with E-state index in [2.05, 4.69) is 11.8 Å². The average Bonchev–Trinajstić information content (AvgIpc) is 3.59. The van der Waals surface area contributed by atoms with Crippen molar-refractivity contribution >= 4 is 17.5 Å². The number of anilines is 1. The van der Waals surface area contributed by atoms with Gasteiger partial charge in [-0.2, -0.15) is 0 Å². The molecule has 2 aromatic carbocycles. The Morgan fingerprint density at radius 2 is 1.52 bits per heavy atom. The lowest BCUT2D eigenvalue weighted by Crippen LogP contribution is -2.49. The maximum Gasteiger partial charge on any atom is 0.231 e. The number of hydrogen-bond donors (Lipinski definition) is 0. The number of para-hydroxylation sites is 1. The lowest BCUT2D eigenvalue weighted by molar-refractivity contribution is -0.136. The topological polar surface area (TPSA) is 43.9 Å². The number of carbonyl (C=O) groups excluding carboxylic acids is 2. The molecule has 5 heteroatoms. The number of nitrogens with zero attached hydrogens (tertiary/aromatic N) is 3. The molecule has 0 N–H and O–H groups in total. The summed E-state index contributed by atoms with van der Waals surface area (Å²) in [6, 6.07) is 19.8. The molecule has 4 rings (SSSR count). The Kier molecular flexibility index (Phi) is 5.95. The molecule has 0 spiro atoms. The first kappa shape index (κ1) is 19.6. The second-order valence-corrected chi connectivity index (χ2v) is 7.95. The summed E-state index contributed by atoms with van der Waals surface area (Å²) in [6.45, 7) is 7.11. The molecule has 2 amide bonds. The number of rotatable bonds is 6. The second-order valence-electron chi connectivity index (χ2n) is 7.95. The van der Waals surface area contributed by atoms with Crippen LogP contribution in [-0.4, -0.2) is 54.3 Å². The highest BCUT2D eigenvalue weighted by molar-refractivity contribution is 6.01. The van der Waals surface area contributed by atoms with E-state index < -0.39 is 0 Å². The molecule has 2 aromatic rings. The van der Waals surface area contributed by atoms with Gasteiger partial charge >= 0.3 is 0 Å². The van der Waals surface area contributed by atoms with Gasteiger partial charge in [-0.05, 0) is 30.7 Å². The number of likely N-dealkylation sites (N-methyl/N-ethyl adjacent to an activating group) is 1. The van der Waals surface area contributed by atoms with Gasteiger partial charge in [0.05, 0.1) is 18.4 Å². The third-order valence-electron chi connectivity index (χ3n) is 6.07. The van der Waals surface area contributed by atoms with E-state index in [1.165, 1.54) is 0 Å². The number of hydrogen-bond acceptors (Lipinski definition) is 3. The molecule has 0 radical (unpaired) electrons. The summed E-state index contributed by atoms with van der Waals surface area (Å²) in [5, 5.41) is 0. The van der Waals surface area contributed by atoms with Crippen LogP contribution >= 0.6 is 0 Å². The van der Waals surface area contributed by atoms with Crippen LogP contribution in [0.4, 0.5) is 5.69 Å². The molecule has 152 valence electrons. The van der Waals surface area contributed by atoms with Crippen molar-refractivity contribution in [3.05, 3.63) is 66.2 Å². The van der Waals surface area contributed by atoms with Gasteiger partial charge in [0, 0.05) is 31.9 Å². The van der Waals surface area contributed by atoms with Gasteiger partial charge in [0.1, 0.15) is 0 Å². The van der Waals surface area contributed by atoms with E-state index >= 15 is 0 Å². The molecule has 2 unspecified atom stereocenters. The number of amides is 2. The lowest BCUT2D eigenvalue weighted by Gasteiger charge is -2.34. The van der Waals surface area contributed by atoms with Crippen LogP contribution in [0.15, 0.2) is 60.7 Å². The molecule has 1 saturated heterocycles. The van der Waals surface area contributed by atoms with Gasteiger partial charge < -0.3 is 14.7 Å². The van der Waals surface area contributed by atoms with Gasteiger partial charge in [-0.3, -0.25) is 9.59 Å². The van der Waals surface area contributed by atoms with Gasteiger partial charge in [0.2, 0.25) is 11.8 Å². The van der Waals surface area contributed by atoms with Crippen molar-refractivity contribution < 1.29 is 9.59 Å². The minimum Gasteiger partial charge on any atom is -0.340 e. The first-order valence-electron chi connectivity index (χ1n) is 10.6.